The molecule has 0 saturated heterocycles. The molecule has 0 aromatic carbocycles. The quantitative estimate of drug-likeness (QED) is 0.314. The number of esters is 1. The number of allylic oxidation sites excluding steroid dienone is 1. The van der Waals surface area contributed by atoms with Gasteiger partial charge in [0.05, 0.1) is 0 Å². The molecule has 0 unspecified atom stereocenters. The van der Waals surface area contributed by atoms with E-state index in [2.05, 4.69) is 4.74 Å². The van der Waals surface area contributed by atoms with Gasteiger partial charge in [-0.1, -0.05) is 6.92 Å². The summed E-state index contributed by atoms with van der Waals surface area (Å²) in [4.78, 5) is 20.9. The molecule has 4 nitrogen and oxygen atoms in total. The minimum Gasteiger partial charge on any atom is -0.475 e. The molecule has 0 aliphatic heterocycles. The monoisotopic (exact) mass is 192 g/mol. The first kappa shape index (κ1) is 11.0. The second-order valence-electron chi connectivity index (χ2n) is 1.89. The molecule has 0 aliphatic rings. The highest BCUT2D eigenvalue weighted by molar-refractivity contribution is 6.26. The van der Waals surface area contributed by atoms with Crippen LogP contribution in [-0.4, -0.2) is 22.9 Å². The van der Waals surface area contributed by atoms with Gasteiger partial charge in [0.25, 0.3) is 0 Å². The first-order valence-corrected chi connectivity index (χ1v) is 3.85. The van der Waals surface area contributed by atoms with Crippen molar-refractivity contribution in [3.8, 4) is 0 Å². The fourth-order valence-electron chi connectivity index (χ4n) is 0.508. The minimum atomic E-state index is -1.27. The summed E-state index contributed by atoms with van der Waals surface area (Å²) in [7, 11) is 0. The van der Waals surface area contributed by atoms with Gasteiger partial charge in [-0.3, -0.25) is 4.79 Å². The molecule has 0 saturated carbocycles. The highest BCUT2D eigenvalue weighted by Crippen LogP contribution is 2.00. The van der Waals surface area contributed by atoms with Gasteiger partial charge in [0.2, 0.25) is 5.76 Å². The van der Waals surface area contributed by atoms with E-state index >= 15 is 0 Å². The summed E-state index contributed by atoms with van der Waals surface area (Å²) in [5.74, 6) is -2.76. The number of aliphatic carboxylic acids is 1. The lowest BCUT2D eigenvalue weighted by Gasteiger charge is -2.00. The van der Waals surface area contributed by atoms with Crippen molar-refractivity contribution in [3.05, 3.63) is 11.8 Å². The van der Waals surface area contributed by atoms with E-state index in [0.29, 0.717) is 6.42 Å². The topological polar surface area (TPSA) is 63.6 Å². The van der Waals surface area contributed by atoms with E-state index in [1.54, 1.807) is 6.92 Å². The molecule has 0 aromatic heterocycles. The van der Waals surface area contributed by atoms with Crippen LogP contribution in [0, 0.1) is 0 Å². The van der Waals surface area contributed by atoms with E-state index in [9.17, 15) is 9.59 Å². The molecular weight excluding hydrogens is 184 g/mol. The van der Waals surface area contributed by atoms with E-state index in [4.69, 9.17) is 16.7 Å². The summed E-state index contributed by atoms with van der Waals surface area (Å²) in [5.41, 5.74) is 0. The Morgan fingerprint density at radius 2 is 2.17 bits per heavy atom. The molecular formula is C7H9ClO4. The average Bonchev–Trinajstić information content (AvgIpc) is 2.03. The van der Waals surface area contributed by atoms with Crippen molar-refractivity contribution in [3.63, 3.8) is 0 Å². The fourth-order valence-corrected chi connectivity index (χ4v) is 0.562. The van der Waals surface area contributed by atoms with Gasteiger partial charge in [0, 0.05) is 0 Å². The van der Waals surface area contributed by atoms with Gasteiger partial charge in [0.15, 0.2) is 0 Å². The summed E-state index contributed by atoms with van der Waals surface area (Å²) < 4.78 is 4.39. The molecule has 0 spiro atoms. The van der Waals surface area contributed by atoms with Crippen molar-refractivity contribution >= 4 is 23.5 Å². The van der Waals surface area contributed by atoms with E-state index in [0.717, 1.165) is 0 Å². The van der Waals surface area contributed by atoms with Crippen LogP contribution in [0.2, 0.25) is 0 Å². The van der Waals surface area contributed by atoms with Crippen LogP contribution >= 0.6 is 11.6 Å². The Morgan fingerprint density at radius 3 is 2.50 bits per heavy atom. The second kappa shape index (κ2) is 5.60. The molecule has 12 heavy (non-hydrogen) atoms. The number of ether oxygens (including phenoxy) is 1. The van der Waals surface area contributed by atoms with Crippen LogP contribution in [-0.2, 0) is 14.3 Å². The number of hydrogen-bond acceptors (Lipinski definition) is 3. The lowest BCUT2D eigenvalue weighted by Crippen LogP contribution is -2.12. The van der Waals surface area contributed by atoms with E-state index < -0.39 is 11.9 Å². The summed E-state index contributed by atoms with van der Waals surface area (Å²) in [6.07, 6.45) is 1.78. The van der Waals surface area contributed by atoms with E-state index in [1.807, 2.05) is 0 Å². The number of rotatable bonds is 4. The van der Waals surface area contributed by atoms with Crippen LogP contribution in [0.3, 0.4) is 0 Å². The molecule has 1 N–H and O–H groups in total. The number of carbonyl (C=O) groups excluding carboxylic acids is 1. The summed E-state index contributed by atoms with van der Waals surface area (Å²) in [6.45, 7) is 1.73. The Labute approximate surface area is 74.8 Å². The number of carboxylic acid groups (broad SMARTS) is 1. The molecule has 0 bridgehead atoms. The number of alkyl halides is 1. The third-order valence-corrected chi connectivity index (χ3v) is 1.15. The molecule has 0 radical (unpaired) electrons. The zero-order chi connectivity index (χ0) is 9.56. The van der Waals surface area contributed by atoms with Gasteiger partial charge in [-0.2, -0.15) is 0 Å². The number of carbonyl (C=O) groups is 2. The van der Waals surface area contributed by atoms with Gasteiger partial charge < -0.3 is 9.84 Å². The maximum atomic E-state index is 10.5. The maximum Gasteiger partial charge on any atom is 0.371 e. The largest absolute Gasteiger partial charge is 0.475 e. The third kappa shape index (κ3) is 3.98. The molecule has 0 fully saturated rings. The lowest BCUT2D eigenvalue weighted by atomic mass is 10.4. The summed E-state index contributed by atoms with van der Waals surface area (Å²) in [6, 6.07) is 0. The maximum absolute atomic E-state index is 10.5. The zero-order valence-corrected chi connectivity index (χ0v) is 7.30. The number of halogens is 1. The molecule has 0 aromatic rings. The van der Waals surface area contributed by atoms with Gasteiger partial charge in [0.1, 0.15) is 5.88 Å². The Bertz CT molecular complexity index is 209. The van der Waals surface area contributed by atoms with Crippen LogP contribution in [0.4, 0.5) is 0 Å². The van der Waals surface area contributed by atoms with Crippen molar-refractivity contribution in [2.75, 3.05) is 5.88 Å². The summed E-state index contributed by atoms with van der Waals surface area (Å²) >= 11 is 5.11. The van der Waals surface area contributed by atoms with Gasteiger partial charge in [-0.15, -0.1) is 11.6 Å². The Hall–Kier alpha value is -1.03. The Balaban J connectivity index is 4.24. The van der Waals surface area contributed by atoms with Crippen molar-refractivity contribution in [2.45, 2.75) is 13.3 Å². The van der Waals surface area contributed by atoms with E-state index in [1.165, 1.54) is 6.08 Å². The van der Waals surface area contributed by atoms with Gasteiger partial charge >= 0.3 is 11.9 Å². The first-order chi connectivity index (χ1) is 5.61. The third-order valence-electron chi connectivity index (χ3n) is 0.933. The second-order valence-corrected chi connectivity index (χ2v) is 2.16. The molecule has 68 valence electrons. The van der Waals surface area contributed by atoms with Crippen molar-refractivity contribution in [2.24, 2.45) is 0 Å². The van der Waals surface area contributed by atoms with Crippen LogP contribution in [0.5, 0.6) is 0 Å². The predicted molar refractivity (Wildman–Crippen MR) is 42.8 cm³/mol. The first-order valence-electron chi connectivity index (χ1n) is 3.31. The highest BCUT2D eigenvalue weighted by Gasteiger charge is 2.11. The summed E-state index contributed by atoms with van der Waals surface area (Å²) in [5, 5.41) is 8.46. The molecule has 0 aliphatic carbocycles. The molecule has 5 heteroatoms. The minimum absolute atomic E-state index is 0.353. The van der Waals surface area contributed by atoms with Crippen LogP contribution in [0.15, 0.2) is 11.8 Å². The molecule has 0 amide bonds. The smallest absolute Gasteiger partial charge is 0.371 e. The standard InChI is InChI=1S/C7H9ClO4/c1-2-3-5(7(10)11)12-6(9)4-8/h3H,2,4H2,1H3,(H,10,11). The molecule has 0 rings (SSSR count). The van der Waals surface area contributed by atoms with E-state index in [-0.39, 0.29) is 11.6 Å². The van der Waals surface area contributed by atoms with Crippen LogP contribution < -0.4 is 0 Å². The molecule has 0 heterocycles. The van der Waals surface area contributed by atoms with Gasteiger partial charge in [-0.05, 0) is 12.5 Å². The van der Waals surface area contributed by atoms with Gasteiger partial charge in [-0.25, -0.2) is 4.79 Å². The van der Waals surface area contributed by atoms with Crippen molar-refractivity contribution < 1.29 is 19.4 Å². The zero-order valence-electron chi connectivity index (χ0n) is 6.54. The average molecular weight is 193 g/mol. The Kier molecular flexibility index (Phi) is 5.12. The predicted octanol–water partition coefficient (Wildman–Crippen LogP) is 1.15. The fraction of sp³-hybridized carbons (Fsp3) is 0.429. The van der Waals surface area contributed by atoms with Crippen molar-refractivity contribution in [1.82, 2.24) is 0 Å². The molecule has 0 atom stereocenters. The highest BCUT2D eigenvalue weighted by atomic mass is 35.5. The van der Waals surface area contributed by atoms with Crippen LogP contribution in [0.25, 0.3) is 0 Å². The number of carboxylic acids is 1. The van der Waals surface area contributed by atoms with Crippen molar-refractivity contribution in [1.29, 1.82) is 0 Å². The normalized spacial score (nSPS) is 11.0. The lowest BCUT2D eigenvalue weighted by molar-refractivity contribution is -0.146. The Morgan fingerprint density at radius 1 is 1.58 bits per heavy atom. The van der Waals surface area contributed by atoms with Crippen LogP contribution in [0.1, 0.15) is 13.3 Å². The SMILES string of the molecule is CCC=C(OC(=O)CCl)C(=O)O. The number of hydrogen-bond donors (Lipinski definition) is 1.